The Morgan fingerprint density at radius 3 is 2.48 bits per heavy atom. The summed E-state index contributed by atoms with van der Waals surface area (Å²) in [6, 6.07) is 15.7. The van der Waals surface area contributed by atoms with E-state index in [2.05, 4.69) is 27.4 Å². The summed E-state index contributed by atoms with van der Waals surface area (Å²) in [5.74, 6) is 0.343. The van der Waals surface area contributed by atoms with Crippen LogP contribution in [0.3, 0.4) is 0 Å². The van der Waals surface area contributed by atoms with Crippen LogP contribution in [-0.4, -0.2) is 15.2 Å². The fourth-order valence-corrected chi connectivity index (χ4v) is 2.28. The molecular formula is C18H18N4O. The molecule has 0 aliphatic rings. The molecule has 0 aliphatic carbocycles. The molecule has 3 rings (SSSR count). The molecule has 116 valence electrons. The SMILES string of the molecule is Cc1ccc(Nc2nnc(Cc3ccccc3)c(=O)[nH]2)cc1C. The quantitative estimate of drug-likeness (QED) is 0.777. The lowest BCUT2D eigenvalue weighted by molar-refractivity contribution is 0.874. The number of H-pyrrole nitrogens is 1. The summed E-state index contributed by atoms with van der Waals surface area (Å²) in [7, 11) is 0. The smallest absolute Gasteiger partial charge is 0.274 e. The van der Waals surface area contributed by atoms with Gasteiger partial charge in [-0.25, -0.2) is 0 Å². The van der Waals surface area contributed by atoms with Crippen LogP contribution < -0.4 is 10.9 Å². The third kappa shape index (κ3) is 3.63. The summed E-state index contributed by atoms with van der Waals surface area (Å²) in [5.41, 5.74) is 4.47. The molecule has 0 fully saturated rings. The van der Waals surface area contributed by atoms with E-state index in [1.54, 1.807) is 0 Å². The topological polar surface area (TPSA) is 70.7 Å². The van der Waals surface area contributed by atoms with Crippen LogP contribution >= 0.6 is 0 Å². The zero-order valence-electron chi connectivity index (χ0n) is 13.1. The number of hydrogen-bond acceptors (Lipinski definition) is 4. The second kappa shape index (κ2) is 6.44. The lowest BCUT2D eigenvalue weighted by Crippen LogP contribution is -2.18. The number of hydrogen-bond donors (Lipinski definition) is 2. The summed E-state index contributed by atoms with van der Waals surface area (Å²) in [5, 5.41) is 11.2. The van der Waals surface area contributed by atoms with Crippen molar-refractivity contribution in [3.8, 4) is 0 Å². The Morgan fingerprint density at radius 2 is 1.78 bits per heavy atom. The number of aryl methyl sites for hydroxylation is 2. The number of anilines is 2. The molecule has 0 amide bonds. The molecule has 0 bridgehead atoms. The monoisotopic (exact) mass is 306 g/mol. The first-order valence-corrected chi connectivity index (χ1v) is 7.46. The fourth-order valence-electron chi connectivity index (χ4n) is 2.28. The van der Waals surface area contributed by atoms with Crippen LogP contribution in [0.1, 0.15) is 22.4 Å². The summed E-state index contributed by atoms with van der Waals surface area (Å²) in [6.45, 7) is 4.09. The fraction of sp³-hybridized carbons (Fsp3) is 0.167. The van der Waals surface area contributed by atoms with Crippen molar-refractivity contribution >= 4 is 11.6 Å². The summed E-state index contributed by atoms with van der Waals surface area (Å²) in [4.78, 5) is 14.9. The first-order valence-electron chi connectivity index (χ1n) is 7.46. The van der Waals surface area contributed by atoms with Crippen molar-refractivity contribution in [1.29, 1.82) is 0 Å². The van der Waals surface area contributed by atoms with Crippen molar-refractivity contribution in [1.82, 2.24) is 15.2 Å². The van der Waals surface area contributed by atoms with E-state index in [-0.39, 0.29) is 5.56 Å². The van der Waals surface area contributed by atoms with Crippen LogP contribution in [0.25, 0.3) is 0 Å². The van der Waals surface area contributed by atoms with Crippen molar-refractivity contribution in [3.63, 3.8) is 0 Å². The molecule has 2 aromatic carbocycles. The zero-order valence-corrected chi connectivity index (χ0v) is 13.1. The van der Waals surface area contributed by atoms with Gasteiger partial charge < -0.3 is 5.32 Å². The van der Waals surface area contributed by atoms with Crippen molar-refractivity contribution in [2.24, 2.45) is 0 Å². The molecule has 0 spiro atoms. The zero-order chi connectivity index (χ0) is 16.2. The van der Waals surface area contributed by atoms with Gasteiger partial charge in [0.1, 0.15) is 5.69 Å². The molecule has 0 atom stereocenters. The maximum Gasteiger partial charge on any atom is 0.274 e. The molecule has 5 heteroatoms. The molecule has 0 radical (unpaired) electrons. The minimum Gasteiger partial charge on any atom is -0.324 e. The molecule has 0 saturated heterocycles. The van der Waals surface area contributed by atoms with Gasteiger partial charge in [-0.2, -0.15) is 0 Å². The predicted molar refractivity (Wildman–Crippen MR) is 91.1 cm³/mol. The molecule has 1 aromatic heterocycles. The van der Waals surface area contributed by atoms with Gasteiger partial charge in [0.15, 0.2) is 0 Å². The molecule has 2 N–H and O–H groups in total. The Balaban J connectivity index is 1.79. The minimum absolute atomic E-state index is 0.227. The van der Waals surface area contributed by atoms with Crippen LogP contribution in [0, 0.1) is 13.8 Å². The highest BCUT2D eigenvalue weighted by atomic mass is 16.1. The van der Waals surface area contributed by atoms with Gasteiger partial charge in [-0.15, -0.1) is 10.2 Å². The summed E-state index contributed by atoms with van der Waals surface area (Å²) < 4.78 is 0. The van der Waals surface area contributed by atoms with Gasteiger partial charge >= 0.3 is 0 Å². The first-order chi connectivity index (χ1) is 11.1. The van der Waals surface area contributed by atoms with Crippen LogP contribution in [0.15, 0.2) is 53.3 Å². The second-order valence-electron chi connectivity index (χ2n) is 5.54. The molecule has 3 aromatic rings. The Morgan fingerprint density at radius 1 is 1.00 bits per heavy atom. The Labute approximate surface area is 134 Å². The van der Waals surface area contributed by atoms with E-state index in [1.807, 2.05) is 55.5 Å². The number of rotatable bonds is 4. The van der Waals surface area contributed by atoms with Crippen LogP contribution in [0.2, 0.25) is 0 Å². The van der Waals surface area contributed by atoms with Gasteiger partial charge in [0.2, 0.25) is 5.95 Å². The van der Waals surface area contributed by atoms with Crippen LogP contribution in [0.5, 0.6) is 0 Å². The third-order valence-corrected chi connectivity index (χ3v) is 3.75. The van der Waals surface area contributed by atoms with E-state index in [0.29, 0.717) is 18.1 Å². The highest BCUT2D eigenvalue weighted by Gasteiger charge is 2.06. The lowest BCUT2D eigenvalue weighted by atomic mass is 10.1. The standard InChI is InChI=1S/C18H18N4O/c1-12-8-9-15(10-13(12)2)19-18-20-17(23)16(21-22-18)11-14-6-4-3-5-7-14/h3-10H,11H2,1-2H3,(H2,19,20,22,23). The predicted octanol–water partition coefficient (Wildman–Crippen LogP) is 3.12. The van der Waals surface area contributed by atoms with Crippen molar-refractivity contribution in [2.75, 3.05) is 5.32 Å². The molecular weight excluding hydrogens is 288 g/mol. The van der Waals surface area contributed by atoms with Crippen LogP contribution in [0.4, 0.5) is 11.6 Å². The molecule has 0 unspecified atom stereocenters. The minimum atomic E-state index is -0.227. The largest absolute Gasteiger partial charge is 0.324 e. The highest BCUT2D eigenvalue weighted by molar-refractivity contribution is 5.55. The molecule has 0 aliphatic heterocycles. The van der Waals surface area contributed by atoms with Crippen molar-refractivity contribution in [2.45, 2.75) is 20.3 Å². The van der Waals surface area contributed by atoms with Gasteiger partial charge in [0.05, 0.1) is 0 Å². The molecule has 1 heterocycles. The van der Waals surface area contributed by atoms with Crippen LogP contribution in [-0.2, 0) is 6.42 Å². The normalized spacial score (nSPS) is 10.5. The number of nitrogens with one attached hydrogen (secondary N) is 2. The van der Waals surface area contributed by atoms with Crippen molar-refractivity contribution in [3.05, 3.63) is 81.3 Å². The van der Waals surface area contributed by atoms with Gasteiger partial charge in [0.25, 0.3) is 5.56 Å². The van der Waals surface area contributed by atoms with E-state index in [0.717, 1.165) is 11.3 Å². The Hall–Kier alpha value is -2.95. The van der Waals surface area contributed by atoms with E-state index in [1.165, 1.54) is 11.1 Å². The molecule has 23 heavy (non-hydrogen) atoms. The van der Waals surface area contributed by atoms with E-state index < -0.39 is 0 Å². The summed E-state index contributed by atoms with van der Waals surface area (Å²) in [6.07, 6.45) is 0.465. The number of nitrogens with zero attached hydrogens (tertiary/aromatic N) is 2. The third-order valence-electron chi connectivity index (χ3n) is 3.75. The van der Waals surface area contributed by atoms with E-state index in [9.17, 15) is 4.79 Å². The maximum absolute atomic E-state index is 12.2. The van der Waals surface area contributed by atoms with Gasteiger partial charge in [0, 0.05) is 12.1 Å². The Bertz CT molecular complexity index is 872. The summed E-state index contributed by atoms with van der Waals surface area (Å²) >= 11 is 0. The van der Waals surface area contributed by atoms with Gasteiger partial charge in [-0.3, -0.25) is 9.78 Å². The number of benzene rings is 2. The van der Waals surface area contributed by atoms with Crippen molar-refractivity contribution < 1.29 is 0 Å². The highest BCUT2D eigenvalue weighted by Crippen LogP contribution is 2.16. The number of aromatic nitrogens is 3. The average Bonchev–Trinajstić information content (AvgIpc) is 2.55. The number of aromatic amines is 1. The molecule has 5 nitrogen and oxygen atoms in total. The maximum atomic E-state index is 12.2. The average molecular weight is 306 g/mol. The van der Waals surface area contributed by atoms with E-state index in [4.69, 9.17) is 0 Å². The van der Waals surface area contributed by atoms with Gasteiger partial charge in [-0.1, -0.05) is 36.4 Å². The lowest BCUT2D eigenvalue weighted by Gasteiger charge is -2.07. The van der Waals surface area contributed by atoms with E-state index >= 15 is 0 Å². The first kappa shape index (κ1) is 15.0. The molecule has 0 saturated carbocycles. The Kier molecular flexibility index (Phi) is 4.19. The second-order valence-corrected chi connectivity index (χ2v) is 5.54. The van der Waals surface area contributed by atoms with Gasteiger partial charge in [-0.05, 0) is 42.7 Å².